The number of H-pyrrole nitrogens is 1. The summed E-state index contributed by atoms with van der Waals surface area (Å²) in [5.41, 5.74) is 1.67. The molecule has 3 rings (SSSR count). The molecule has 3 heterocycles. The molecule has 0 fully saturated rings. The van der Waals surface area contributed by atoms with Crippen molar-refractivity contribution in [1.82, 2.24) is 30.0 Å². The zero-order valence-corrected chi connectivity index (χ0v) is 12.4. The minimum Gasteiger partial charge on any atom is -0.472 e. The van der Waals surface area contributed by atoms with E-state index in [9.17, 15) is 4.79 Å². The predicted octanol–water partition coefficient (Wildman–Crippen LogP) is 0.892. The molecule has 3 aromatic rings. The minimum atomic E-state index is -0.304. The molecular formula is C12H14N6O2S. The van der Waals surface area contributed by atoms with Crippen molar-refractivity contribution in [2.45, 2.75) is 20.0 Å². The van der Waals surface area contributed by atoms with Crippen LogP contribution in [0.2, 0.25) is 1.41 Å². The van der Waals surface area contributed by atoms with Crippen molar-refractivity contribution in [3.05, 3.63) is 39.3 Å². The van der Waals surface area contributed by atoms with E-state index in [1.165, 1.54) is 26.9 Å². The molecule has 0 aliphatic heterocycles. The van der Waals surface area contributed by atoms with Crippen molar-refractivity contribution in [3.63, 3.8) is 0 Å². The number of rotatable bonds is 5. The topological polar surface area (TPSA) is 90.6 Å². The highest BCUT2D eigenvalue weighted by atomic mass is 32.1. The van der Waals surface area contributed by atoms with Crippen LogP contribution in [0.3, 0.4) is 0 Å². The Balaban J connectivity index is 1.93. The average Bonchev–Trinajstić information content (AvgIpc) is 3.18. The van der Waals surface area contributed by atoms with Gasteiger partial charge in [-0.3, -0.25) is 5.09 Å². The van der Waals surface area contributed by atoms with Crippen LogP contribution in [0.5, 0.6) is 5.88 Å². The number of hydrogen-bond donors (Lipinski definition) is 1. The third kappa shape index (κ3) is 2.47. The van der Waals surface area contributed by atoms with E-state index in [1.54, 1.807) is 13.1 Å². The highest BCUT2D eigenvalue weighted by molar-refractivity contribution is 7.12. The third-order valence-electron chi connectivity index (χ3n) is 3.06. The van der Waals surface area contributed by atoms with Crippen LogP contribution in [0.15, 0.2) is 22.4 Å². The fourth-order valence-electron chi connectivity index (χ4n) is 1.92. The molecular weight excluding hydrogens is 292 g/mol. The van der Waals surface area contributed by atoms with Crippen LogP contribution in [0.4, 0.5) is 0 Å². The van der Waals surface area contributed by atoms with Gasteiger partial charge < -0.3 is 4.74 Å². The lowest BCUT2D eigenvalue weighted by Gasteiger charge is -2.06. The Morgan fingerprint density at radius 2 is 2.38 bits per heavy atom. The van der Waals surface area contributed by atoms with E-state index >= 15 is 0 Å². The maximum absolute atomic E-state index is 12.0. The molecule has 110 valence electrons. The van der Waals surface area contributed by atoms with Gasteiger partial charge in [-0.25, -0.2) is 4.79 Å². The molecule has 21 heavy (non-hydrogen) atoms. The Labute approximate surface area is 125 Å². The van der Waals surface area contributed by atoms with Crippen LogP contribution in [-0.4, -0.2) is 30.0 Å². The summed E-state index contributed by atoms with van der Waals surface area (Å²) in [6, 6.07) is 1.61. The van der Waals surface area contributed by atoms with E-state index in [1.807, 2.05) is 12.3 Å². The first-order chi connectivity index (χ1) is 10.6. The van der Waals surface area contributed by atoms with Crippen molar-refractivity contribution in [2.75, 3.05) is 0 Å². The summed E-state index contributed by atoms with van der Waals surface area (Å²) < 4.78 is 15.4. The monoisotopic (exact) mass is 308 g/mol. The summed E-state index contributed by atoms with van der Waals surface area (Å²) in [5.74, 6) is 0.362. The number of hydrogen-bond acceptors (Lipinski definition) is 6. The summed E-state index contributed by atoms with van der Waals surface area (Å²) >= 11 is 1.43. The molecule has 8 nitrogen and oxygen atoms in total. The van der Waals surface area contributed by atoms with Gasteiger partial charge in [0.05, 0.1) is 0 Å². The van der Waals surface area contributed by atoms with Crippen molar-refractivity contribution in [2.24, 2.45) is 7.05 Å². The maximum Gasteiger partial charge on any atom is 0.368 e. The molecule has 0 aromatic carbocycles. The van der Waals surface area contributed by atoms with Crippen molar-refractivity contribution >= 4 is 11.3 Å². The van der Waals surface area contributed by atoms with E-state index in [0.29, 0.717) is 10.9 Å². The van der Waals surface area contributed by atoms with Crippen LogP contribution in [0.25, 0.3) is 5.00 Å². The number of nitrogens with one attached hydrogen (secondary N) is 1. The third-order valence-corrected chi connectivity index (χ3v) is 4.10. The zero-order valence-electron chi connectivity index (χ0n) is 12.6. The maximum atomic E-state index is 12.0. The lowest BCUT2D eigenvalue weighted by atomic mass is 10.1. The summed E-state index contributed by atoms with van der Waals surface area (Å²) in [6.07, 6.45) is 2.30. The lowest BCUT2D eigenvalue weighted by Crippen LogP contribution is -2.22. The second-order valence-corrected chi connectivity index (χ2v) is 5.21. The molecule has 0 saturated heterocycles. The van der Waals surface area contributed by atoms with E-state index < -0.39 is 0 Å². The standard InChI is InChI=1S/C12H14N6O2S/c1-3-8-7-21-11(18-12(19)17(2)15-16-18)9(8)6-20-10-4-5-13-14-10/h4-5,7H,3,6H2,1-2H3,(H,13,14)/i/hT. The van der Waals surface area contributed by atoms with E-state index in [2.05, 4.69) is 15.5 Å². The molecule has 0 spiro atoms. The molecule has 1 N–H and O–H groups in total. The van der Waals surface area contributed by atoms with Gasteiger partial charge in [0.2, 0.25) is 5.88 Å². The number of aromatic nitrogens is 6. The normalized spacial score (nSPS) is 11.6. The highest BCUT2D eigenvalue weighted by Gasteiger charge is 2.17. The molecule has 0 radical (unpaired) electrons. The number of ether oxygens (including phenoxy) is 1. The van der Waals surface area contributed by atoms with Gasteiger partial charge in [-0.15, -0.1) is 21.1 Å². The predicted molar refractivity (Wildman–Crippen MR) is 76.8 cm³/mol. The summed E-state index contributed by atoms with van der Waals surface area (Å²) in [4.78, 5) is 12.0. The van der Waals surface area contributed by atoms with E-state index in [4.69, 9.17) is 6.15 Å². The summed E-state index contributed by atoms with van der Waals surface area (Å²) in [7, 11) is 1.55. The fourth-order valence-corrected chi connectivity index (χ4v) is 3.03. The number of aryl methyl sites for hydroxylation is 2. The molecule has 0 saturated carbocycles. The molecule has 0 aliphatic carbocycles. The first-order valence-corrected chi connectivity index (χ1v) is 7.24. The number of tetrazole rings is 1. The van der Waals surface area contributed by atoms with Crippen molar-refractivity contribution in [3.8, 4) is 10.9 Å². The van der Waals surface area contributed by atoms with Gasteiger partial charge in [0.1, 0.15) is 11.6 Å². The van der Waals surface area contributed by atoms with Crippen LogP contribution in [0, 0.1) is 0 Å². The number of thiophene rings is 1. The Morgan fingerprint density at radius 1 is 1.52 bits per heavy atom. The van der Waals surface area contributed by atoms with E-state index in [-0.39, 0.29) is 12.3 Å². The van der Waals surface area contributed by atoms with Crippen LogP contribution < -0.4 is 10.4 Å². The molecule has 9 heteroatoms. The van der Waals surface area contributed by atoms with Gasteiger partial charge in [0.25, 0.3) is 0 Å². The van der Waals surface area contributed by atoms with E-state index in [0.717, 1.165) is 22.6 Å². The number of aromatic amines is 1. The molecule has 0 bridgehead atoms. The SMILES string of the molecule is [3H]n1ccc(OCc2c(CC)csc2-n2nnn(C)c2=O)n1. The Morgan fingerprint density at radius 3 is 3.00 bits per heavy atom. The first-order valence-electron chi connectivity index (χ1n) is 6.81. The fraction of sp³-hybridized carbons (Fsp3) is 0.333. The lowest BCUT2D eigenvalue weighted by molar-refractivity contribution is 0.292. The largest absolute Gasteiger partial charge is 0.472 e. The molecule has 0 unspecified atom stereocenters. The summed E-state index contributed by atoms with van der Waals surface area (Å²) in [5, 5.41) is 15.1. The zero-order chi connectivity index (χ0) is 15.7. The Hall–Kier alpha value is -2.42. The number of nitrogens with zero attached hydrogens (tertiary/aromatic N) is 5. The minimum absolute atomic E-state index is 0.252. The second-order valence-electron chi connectivity index (χ2n) is 4.35. The molecule has 3 aromatic heterocycles. The molecule has 0 aliphatic rings. The smallest absolute Gasteiger partial charge is 0.368 e. The van der Waals surface area contributed by atoms with Gasteiger partial charge >= 0.3 is 5.69 Å². The van der Waals surface area contributed by atoms with Gasteiger partial charge in [-0.1, -0.05) is 6.92 Å². The van der Waals surface area contributed by atoms with Crippen LogP contribution in [0.1, 0.15) is 18.1 Å². The van der Waals surface area contributed by atoms with Crippen LogP contribution in [-0.2, 0) is 20.1 Å². The first kappa shape index (κ1) is 12.3. The Kier molecular flexibility index (Phi) is 3.24. The van der Waals surface area contributed by atoms with Crippen molar-refractivity contribution in [1.29, 1.82) is 0 Å². The summed E-state index contributed by atoms with van der Waals surface area (Å²) in [6.45, 7) is 2.29. The van der Waals surface area contributed by atoms with Crippen LogP contribution >= 0.6 is 11.3 Å². The highest BCUT2D eigenvalue weighted by Crippen LogP contribution is 2.26. The average molecular weight is 308 g/mol. The molecule has 0 atom stereocenters. The Bertz CT molecular complexity index is 848. The quantitative estimate of drug-likeness (QED) is 0.756. The van der Waals surface area contributed by atoms with Crippen molar-refractivity contribution < 1.29 is 6.15 Å². The van der Waals surface area contributed by atoms with Gasteiger partial charge in [-0.05, 0) is 27.8 Å². The molecule has 0 amide bonds. The van der Waals surface area contributed by atoms with Gasteiger partial charge in [0, 0.05) is 24.9 Å². The van der Waals surface area contributed by atoms with Gasteiger partial charge in [0.15, 0.2) is 1.41 Å². The second kappa shape index (κ2) is 5.52. The van der Waals surface area contributed by atoms with Gasteiger partial charge in [-0.2, -0.15) is 4.68 Å².